The van der Waals surface area contributed by atoms with Gasteiger partial charge in [0.15, 0.2) is 0 Å². The van der Waals surface area contributed by atoms with E-state index in [0.29, 0.717) is 23.5 Å². The molecule has 0 saturated carbocycles. The Kier molecular flexibility index (Phi) is 2.76. The Morgan fingerprint density at radius 3 is 2.80 bits per heavy atom. The fourth-order valence-electron chi connectivity index (χ4n) is 2.51. The Balaban J connectivity index is 2.20. The molecular weight excluding hydrogens is 260 g/mol. The Labute approximate surface area is 115 Å². The van der Waals surface area contributed by atoms with Crippen molar-refractivity contribution < 1.29 is 19.0 Å². The summed E-state index contributed by atoms with van der Waals surface area (Å²) in [4.78, 5) is 11.3. The zero-order valence-corrected chi connectivity index (χ0v) is 11.6. The third kappa shape index (κ3) is 1.94. The first kappa shape index (κ1) is 13.0. The van der Waals surface area contributed by atoms with Crippen LogP contribution in [0.15, 0.2) is 27.4 Å². The Morgan fingerprint density at radius 2 is 2.15 bits per heavy atom. The summed E-state index contributed by atoms with van der Waals surface area (Å²) >= 11 is 0. The van der Waals surface area contributed by atoms with Gasteiger partial charge in [-0.3, -0.25) is 0 Å². The van der Waals surface area contributed by atoms with Crippen LogP contribution in [-0.2, 0) is 6.42 Å². The summed E-state index contributed by atoms with van der Waals surface area (Å²) in [6, 6.07) is 4.72. The molecule has 0 saturated heterocycles. The van der Waals surface area contributed by atoms with E-state index in [9.17, 15) is 9.90 Å². The molecule has 1 aliphatic heterocycles. The highest BCUT2D eigenvalue weighted by Gasteiger charge is 2.37. The lowest BCUT2D eigenvalue weighted by Crippen LogP contribution is -2.39. The van der Waals surface area contributed by atoms with Crippen molar-refractivity contribution in [2.45, 2.75) is 32.0 Å². The molecular formula is C15H16O5. The standard InChI is InChI=1S/C15H16O5/c1-15(2,17)12-6-9-11(19-12)7-10-8(14(9)18-3)4-5-13(16)20-10/h4-5,7,12,17H,6H2,1-3H3. The van der Waals surface area contributed by atoms with Crippen molar-refractivity contribution in [1.82, 2.24) is 0 Å². The van der Waals surface area contributed by atoms with Gasteiger partial charge in [-0.05, 0) is 19.9 Å². The van der Waals surface area contributed by atoms with Crippen LogP contribution in [0, 0.1) is 0 Å². The van der Waals surface area contributed by atoms with Gasteiger partial charge in [-0.25, -0.2) is 4.79 Å². The Hall–Kier alpha value is -2.01. The molecule has 0 fully saturated rings. The van der Waals surface area contributed by atoms with Crippen molar-refractivity contribution in [2.24, 2.45) is 0 Å². The van der Waals surface area contributed by atoms with Crippen LogP contribution in [-0.4, -0.2) is 23.9 Å². The average Bonchev–Trinajstić information content (AvgIpc) is 2.78. The molecule has 2 aromatic rings. The number of methoxy groups -OCH3 is 1. The van der Waals surface area contributed by atoms with Crippen molar-refractivity contribution in [3.05, 3.63) is 34.2 Å². The maximum Gasteiger partial charge on any atom is 0.336 e. The minimum atomic E-state index is -0.961. The van der Waals surface area contributed by atoms with E-state index in [2.05, 4.69) is 0 Å². The smallest absolute Gasteiger partial charge is 0.336 e. The summed E-state index contributed by atoms with van der Waals surface area (Å²) in [5.74, 6) is 1.23. The second-order valence-corrected chi connectivity index (χ2v) is 5.52. The van der Waals surface area contributed by atoms with Gasteiger partial charge in [0.2, 0.25) is 0 Å². The third-order valence-corrected chi connectivity index (χ3v) is 3.59. The van der Waals surface area contributed by atoms with Crippen LogP contribution in [0.4, 0.5) is 0 Å². The lowest BCUT2D eigenvalue weighted by molar-refractivity contribution is -0.0229. The molecule has 1 atom stereocenters. The molecule has 0 amide bonds. The van der Waals surface area contributed by atoms with E-state index in [0.717, 1.165) is 10.9 Å². The van der Waals surface area contributed by atoms with Gasteiger partial charge in [0.05, 0.1) is 18.1 Å². The molecule has 1 aromatic carbocycles. The molecule has 0 radical (unpaired) electrons. The van der Waals surface area contributed by atoms with E-state index in [1.807, 2.05) is 0 Å². The van der Waals surface area contributed by atoms with Gasteiger partial charge in [0.1, 0.15) is 23.2 Å². The summed E-state index contributed by atoms with van der Waals surface area (Å²) < 4.78 is 16.4. The first-order chi connectivity index (χ1) is 9.40. The normalized spacial score (nSPS) is 17.9. The number of hydrogen-bond acceptors (Lipinski definition) is 5. The van der Waals surface area contributed by atoms with Crippen LogP contribution >= 0.6 is 0 Å². The van der Waals surface area contributed by atoms with Crippen LogP contribution in [0.5, 0.6) is 11.5 Å². The molecule has 5 nitrogen and oxygen atoms in total. The van der Waals surface area contributed by atoms with Crippen molar-refractivity contribution in [3.8, 4) is 11.5 Å². The molecule has 2 heterocycles. The van der Waals surface area contributed by atoms with E-state index < -0.39 is 11.2 Å². The van der Waals surface area contributed by atoms with Gasteiger partial charge in [0, 0.05) is 24.1 Å². The zero-order valence-electron chi connectivity index (χ0n) is 11.6. The largest absolute Gasteiger partial charge is 0.496 e. The fraction of sp³-hybridized carbons (Fsp3) is 0.400. The van der Waals surface area contributed by atoms with Gasteiger partial charge in [-0.2, -0.15) is 0 Å². The van der Waals surface area contributed by atoms with Crippen molar-refractivity contribution in [1.29, 1.82) is 0 Å². The maximum absolute atomic E-state index is 11.3. The van der Waals surface area contributed by atoms with E-state index >= 15 is 0 Å². The van der Waals surface area contributed by atoms with E-state index in [1.165, 1.54) is 6.07 Å². The maximum atomic E-state index is 11.3. The third-order valence-electron chi connectivity index (χ3n) is 3.59. The fourth-order valence-corrected chi connectivity index (χ4v) is 2.51. The monoisotopic (exact) mass is 276 g/mol. The van der Waals surface area contributed by atoms with Crippen molar-refractivity contribution in [2.75, 3.05) is 7.11 Å². The first-order valence-corrected chi connectivity index (χ1v) is 6.43. The molecule has 1 aromatic heterocycles. The second-order valence-electron chi connectivity index (χ2n) is 5.52. The number of hydrogen-bond donors (Lipinski definition) is 1. The van der Waals surface area contributed by atoms with Gasteiger partial charge >= 0.3 is 5.63 Å². The topological polar surface area (TPSA) is 68.9 Å². The van der Waals surface area contributed by atoms with Gasteiger partial charge in [-0.1, -0.05) is 0 Å². The molecule has 0 bridgehead atoms. The summed E-state index contributed by atoms with van der Waals surface area (Å²) in [5.41, 5.74) is -0.0705. The summed E-state index contributed by atoms with van der Waals surface area (Å²) in [7, 11) is 1.57. The minimum Gasteiger partial charge on any atom is -0.496 e. The number of benzene rings is 1. The lowest BCUT2D eigenvalue weighted by Gasteiger charge is -2.24. The summed E-state index contributed by atoms with van der Waals surface area (Å²) in [5, 5.41) is 10.8. The minimum absolute atomic E-state index is 0.352. The molecule has 3 rings (SSSR count). The summed E-state index contributed by atoms with van der Waals surface area (Å²) in [6.45, 7) is 3.41. The molecule has 5 heteroatoms. The zero-order chi connectivity index (χ0) is 14.5. The summed E-state index contributed by atoms with van der Waals surface area (Å²) in [6.07, 6.45) is 0.201. The molecule has 0 aliphatic carbocycles. The van der Waals surface area contributed by atoms with Gasteiger partial charge in [-0.15, -0.1) is 0 Å². The van der Waals surface area contributed by atoms with Crippen LogP contribution < -0.4 is 15.1 Å². The van der Waals surface area contributed by atoms with E-state index in [4.69, 9.17) is 13.9 Å². The van der Waals surface area contributed by atoms with Crippen molar-refractivity contribution >= 4 is 11.0 Å². The van der Waals surface area contributed by atoms with E-state index in [1.54, 1.807) is 33.1 Å². The number of rotatable bonds is 2. The number of aliphatic hydroxyl groups is 1. The number of ether oxygens (including phenoxy) is 2. The molecule has 1 N–H and O–H groups in total. The second kappa shape index (κ2) is 4.24. The highest BCUT2D eigenvalue weighted by molar-refractivity contribution is 5.87. The highest BCUT2D eigenvalue weighted by Crippen LogP contribution is 2.43. The predicted molar refractivity (Wildman–Crippen MR) is 73.5 cm³/mol. The Morgan fingerprint density at radius 1 is 1.40 bits per heavy atom. The van der Waals surface area contributed by atoms with Crippen LogP contribution in [0.1, 0.15) is 19.4 Å². The first-order valence-electron chi connectivity index (χ1n) is 6.43. The Bertz CT molecular complexity index is 723. The predicted octanol–water partition coefficient (Wildman–Crippen LogP) is 1.88. The number of fused-ring (bicyclic) bond motifs is 2. The van der Waals surface area contributed by atoms with Crippen LogP contribution in [0.25, 0.3) is 11.0 Å². The average molecular weight is 276 g/mol. The van der Waals surface area contributed by atoms with Gasteiger partial charge < -0.3 is 19.0 Å². The van der Waals surface area contributed by atoms with Gasteiger partial charge in [0.25, 0.3) is 0 Å². The van der Waals surface area contributed by atoms with E-state index in [-0.39, 0.29) is 6.10 Å². The molecule has 0 spiro atoms. The quantitative estimate of drug-likeness (QED) is 0.848. The molecule has 1 unspecified atom stereocenters. The lowest BCUT2D eigenvalue weighted by atomic mass is 9.96. The molecule has 106 valence electrons. The van der Waals surface area contributed by atoms with Crippen LogP contribution in [0.3, 0.4) is 0 Å². The molecule has 1 aliphatic rings. The van der Waals surface area contributed by atoms with Crippen LogP contribution in [0.2, 0.25) is 0 Å². The highest BCUT2D eigenvalue weighted by atomic mass is 16.5. The molecule has 20 heavy (non-hydrogen) atoms. The van der Waals surface area contributed by atoms with Crippen molar-refractivity contribution in [3.63, 3.8) is 0 Å². The SMILES string of the molecule is COc1c2c(cc3oc(=O)ccc13)OC(C(C)(C)O)C2.